The molecule has 2 aliphatic heterocycles. The molecule has 1 fully saturated rings. The van der Waals surface area contributed by atoms with Crippen LogP contribution in [0.5, 0.6) is 11.5 Å². The number of ether oxygens (including phenoxy) is 2. The number of benzene rings is 1. The lowest BCUT2D eigenvalue weighted by Crippen LogP contribution is -2.54. The lowest BCUT2D eigenvalue weighted by Gasteiger charge is -2.43. The van der Waals surface area contributed by atoms with Crippen LogP contribution in [0.3, 0.4) is 0 Å². The Hall–Kier alpha value is -1.72. The molecule has 0 aromatic heterocycles. The van der Waals surface area contributed by atoms with Gasteiger partial charge >= 0.3 is 0 Å². The lowest BCUT2D eigenvalue weighted by atomic mass is 9.79. The summed E-state index contributed by atoms with van der Waals surface area (Å²) < 4.78 is 11.4. The maximum Gasteiger partial charge on any atom is 0.253 e. The Labute approximate surface area is 155 Å². The van der Waals surface area contributed by atoms with E-state index >= 15 is 0 Å². The van der Waals surface area contributed by atoms with Crippen molar-refractivity contribution in [2.75, 3.05) is 26.3 Å². The summed E-state index contributed by atoms with van der Waals surface area (Å²) in [5.41, 5.74) is 7.68. The van der Waals surface area contributed by atoms with Crippen molar-refractivity contribution in [1.29, 1.82) is 0 Å². The van der Waals surface area contributed by atoms with E-state index in [4.69, 9.17) is 15.2 Å². The highest BCUT2D eigenvalue weighted by Gasteiger charge is 2.36. The van der Waals surface area contributed by atoms with Gasteiger partial charge in [-0.05, 0) is 30.9 Å². The molecule has 0 bridgehead atoms. The van der Waals surface area contributed by atoms with Crippen LogP contribution in [0.15, 0.2) is 23.8 Å². The first kappa shape index (κ1) is 19.6. The highest BCUT2D eigenvalue weighted by Crippen LogP contribution is 2.36. The van der Waals surface area contributed by atoms with Gasteiger partial charge in [0, 0.05) is 24.7 Å². The van der Waals surface area contributed by atoms with E-state index < -0.39 is 0 Å². The molecule has 2 aliphatic rings. The van der Waals surface area contributed by atoms with E-state index in [0.29, 0.717) is 25.3 Å². The fraction of sp³-hybridized carbons (Fsp3) is 0.526. The normalized spacial score (nSPS) is 21.4. The highest BCUT2D eigenvalue weighted by atomic mass is 35.5. The van der Waals surface area contributed by atoms with Crippen LogP contribution in [0.25, 0.3) is 6.08 Å². The average Bonchev–Trinajstić information content (AvgIpc) is 2.56. The number of piperidine rings is 1. The summed E-state index contributed by atoms with van der Waals surface area (Å²) >= 11 is 0. The number of carbonyl (C=O) groups excluding carboxylic acids is 1. The minimum absolute atomic E-state index is 0. The largest absolute Gasteiger partial charge is 0.490 e. The predicted octanol–water partition coefficient (Wildman–Crippen LogP) is 2.87. The van der Waals surface area contributed by atoms with Gasteiger partial charge in [-0.1, -0.05) is 26.0 Å². The van der Waals surface area contributed by atoms with Crippen molar-refractivity contribution in [3.8, 4) is 11.5 Å². The molecule has 1 amide bonds. The van der Waals surface area contributed by atoms with Crippen LogP contribution in [0.2, 0.25) is 0 Å². The van der Waals surface area contributed by atoms with E-state index in [0.717, 1.165) is 23.5 Å². The number of amides is 1. The first-order valence-corrected chi connectivity index (χ1v) is 8.56. The first-order valence-electron chi connectivity index (χ1n) is 8.56. The molecule has 2 N–H and O–H groups in total. The number of nitrogens with zero attached hydrogens (tertiary/aromatic N) is 1. The van der Waals surface area contributed by atoms with Gasteiger partial charge in [-0.2, -0.15) is 0 Å². The number of carbonyl (C=O) groups is 1. The summed E-state index contributed by atoms with van der Waals surface area (Å²) in [6.45, 7) is 8.41. The highest BCUT2D eigenvalue weighted by molar-refractivity contribution is 5.99. The number of fused-ring (bicyclic) bond motifs is 1. The summed E-state index contributed by atoms with van der Waals surface area (Å²) in [7, 11) is 0. The van der Waals surface area contributed by atoms with Crippen LogP contribution in [-0.4, -0.2) is 43.2 Å². The lowest BCUT2D eigenvalue weighted by molar-refractivity contribution is -0.130. The standard InChI is InChI=1S/C19H26N2O3.ClH/c1-4-23-15-7-5-6-13-10-14(11-24-17(13)15)18(22)21-9-8-16(20)19(2,3)12-21;/h5-7,10,16H,4,8-9,11-12,20H2,1-3H3;1H. The van der Waals surface area contributed by atoms with Gasteiger partial charge in [-0.25, -0.2) is 0 Å². The Morgan fingerprint density at radius 1 is 1.44 bits per heavy atom. The van der Waals surface area contributed by atoms with E-state index in [1.165, 1.54) is 0 Å². The summed E-state index contributed by atoms with van der Waals surface area (Å²) in [5, 5.41) is 0. The molecular formula is C19H27ClN2O3. The van der Waals surface area contributed by atoms with Crippen molar-refractivity contribution in [2.24, 2.45) is 11.1 Å². The van der Waals surface area contributed by atoms with E-state index in [9.17, 15) is 4.79 Å². The molecule has 1 aromatic carbocycles. The molecule has 1 aromatic rings. The van der Waals surface area contributed by atoms with Crippen LogP contribution in [0.4, 0.5) is 0 Å². The van der Waals surface area contributed by atoms with Crippen molar-refractivity contribution >= 4 is 24.4 Å². The van der Waals surface area contributed by atoms with Crippen LogP contribution < -0.4 is 15.2 Å². The average molecular weight is 367 g/mol. The van der Waals surface area contributed by atoms with Crippen molar-refractivity contribution < 1.29 is 14.3 Å². The zero-order chi connectivity index (χ0) is 17.3. The molecule has 1 saturated heterocycles. The van der Waals surface area contributed by atoms with Crippen LogP contribution in [0, 0.1) is 5.41 Å². The van der Waals surface area contributed by atoms with Crippen molar-refractivity contribution in [3.63, 3.8) is 0 Å². The second-order valence-corrected chi connectivity index (χ2v) is 7.18. The number of hydrogen-bond donors (Lipinski definition) is 1. The topological polar surface area (TPSA) is 64.8 Å². The Balaban J connectivity index is 0.00000225. The zero-order valence-electron chi connectivity index (χ0n) is 15.1. The molecule has 1 unspecified atom stereocenters. The third kappa shape index (κ3) is 3.93. The molecule has 138 valence electrons. The minimum Gasteiger partial charge on any atom is -0.490 e. The molecule has 1 atom stereocenters. The SMILES string of the molecule is CCOc1cccc2c1OCC(C(=O)N1CCC(N)C(C)(C)C1)=C2.Cl. The third-order valence-electron chi connectivity index (χ3n) is 4.89. The summed E-state index contributed by atoms with van der Waals surface area (Å²) in [5.74, 6) is 1.49. The quantitative estimate of drug-likeness (QED) is 0.893. The van der Waals surface area contributed by atoms with Crippen LogP contribution >= 0.6 is 12.4 Å². The molecule has 2 heterocycles. The van der Waals surface area contributed by atoms with Crippen LogP contribution in [-0.2, 0) is 4.79 Å². The molecule has 5 nitrogen and oxygen atoms in total. The predicted molar refractivity (Wildman–Crippen MR) is 101 cm³/mol. The number of para-hydroxylation sites is 1. The van der Waals surface area contributed by atoms with Gasteiger partial charge in [0.2, 0.25) is 0 Å². The number of nitrogens with two attached hydrogens (primary N) is 1. The Bertz CT molecular complexity index is 673. The Morgan fingerprint density at radius 3 is 2.88 bits per heavy atom. The zero-order valence-corrected chi connectivity index (χ0v) is 15.9. The van der Waals surface area contributed by atoms with Crippen molar-refractivity contribution in [2.45, 2.75) is 33.2 Å². The monoisotopic (exact) mass is 366 g/mol. The van der Waals surface area contributed by atoms with E-state index in [1.807, 2.05) is 36.1 Å². The Morgan fingerprint density at radius 2 is 2.20 bits per heavy atom. The van der Waals surface area contributed by atoms with E-state index in [1.54, 1.807) is 0 Å². The maximum atomic E-state index is 12.9. The fourth-order valence-electron chi connectivity index (χ4n) is 3.32. The van der Waals surface area contributed by atoms with Gasteiger partial charge in [-0.3, -0.25) is 4.79 Å². The van der Waals surface area contributed by atoms with Crippen molar-refractivity contribution in [1.82, 2.24) is 4.90 Å². The number of likely N-dealkylation sites (tertiary alicyclic amines) is 1. The number of halogens is 1. The van der Waals surface area contributed by atoms with E-state index in [2.05, 4.69) is 13.8 Å². The first-order chi connectivity index (χ1) is 11.4. The second-order valence-electron chi connectivity index (χ2n) is 7.18. The van der Waals surface area contributed by atoms with Gasteiger partial charge in [-0.15, -0.1) is 12.4 Å². The molecule has 0 radical (unpaired) electrons. The molecule has 6 heteroatoms. The van der Waals surface area contributed by atoms with Crippen LogP contribution in [0.1, 0.15) is 32.8 Å². The van der Waals surface area contributed by atoms with Gasteiger partial charge < -0.3 is 20.1 Å². The number of rotatable bonds is 3. The van der Waals surface area contributed by atoms with E-state index in [-0.39, 0.29) is 36.4 Å². The number of hydrogen-bond acceptors (Lipinski definition) is 4. The van der Waals surface area contributed by atoms with Gasteiger partial charge in [0.15, 0.2) is 11.5 Å². The molecular weight excluding hydrogens is 340 g/mol. The minimum atomic E-state index is -0.0654. The molecule has 0 aliphatic carbocycles. The summed E-state index contributed by atoms with van der Waals surface area (Å²) in [6, 6.07) is 5.88. The van der Waals surface area contributed by atoms with Gasteiger partial charge in [0.25, 0.3) is 5.91 Å². The van der Waals surface area contributed by atoms with Gasteiger partial charge in [0.1, 0.15) is 6.61 Å². The fourth-order valence-corrected chi connectivity index (χ4v) is 3.32. The third-order valence-corrected chi connectivity index (χ3v) is 4.89. The van der Waals surface area contributed by atoms with Gasteiger partial charge in [0.05, 0.1) is 12.2 Å². The summed E-state index contributed by atoms with van der Waals surface area (Å²) in [4.78, 5) is 14.8. The molecule has 0 spiro atoms. The molecule has 3 rings (SSSR count). The Kier molecular flexibility index (Phi) is 6.01. The summed E-state index contributed by atoms with van der Waals surface area (Å²) in [6.07, 6.45) is 2.75. The van der Waals surface area contributed by atoms with Crippen molar-refractivity contribution in [3.05, 3.63) is 29.3 Å². The smallest absolute Gasteiger partial charge is 0.253 e. The molecule has 25 heavy (non-hydrogen) atoms. The maximum absolute atomic E-state index is 12.9. The molecule has 0 saturated carbocycles. The second kappa shape index (κ2) is 7.67.